The van der Waals surface area contributed by atoms with E-state index in [-0.39, 0.29) is 11.8 Å². The van der Waals surface area contributed by atoms with E-state index in [0.717, 1.165) is 10.9 Å². The third kappa shape index (κ3) is 2.32. The summed E-state index contributed by atoms with van der Waals surface area (Å²) >= 11 is 0. The Morgan fingerprint density at radius 1 is 1.24 bits per heavy atom. The van der Waals surface area contributed by atoms with Crippen LogP contribution in [0.3, 0.4) is 0 Å². The van der Waals surface area contributed by atoms with E-state index in [1.807, 2.05) is 30.5 Å². The zero-order valence-corrected chi connectivity index (χ0v) is 13.2. The van der Waals surface area contributed by atoms with Crippen LogP contribution in [0.15, 0.2) is 57.8 Å². The minimum atomic E-state index is 0.0186. The molecule has 3 aromatic heterocycles. The van der Waals surface area contributed by atoms with Crippen LogP contribution in [-0.2, 0) is 0 Å². The predicted octanol–water partition coefficient (Wildman–Crippen LogP) is 3.05. The largest absolute Gasteiger partial charge is 0.461 e. The van der Waals surface area contributed by atoms with E-state index < -0.39 is 0 Å². The quantitative estimate of drug-likeness (QED) is 0.622. The molecule has 1 amide bonds. The molecule has 1 aliphatic rings. The maximum atomic E-state index is 12.6. The topological polar surface area (TPSA) is 88.2 Å². The van der Waals surface area contributed by atoms with Gasteiger partial charge in [0.2, 0.25) is 11.7 Å². The van der Waals surface area contributed by atoms with Gasteiger partial charge in [-0.15, -0.1) is 0 Å². The molecule has 1 aromatic carbocycles. The van der Waals surface area contributed by atoms with E-state index in [1.165, 1.54) is 0 Å². The lowest BCUT2D eigenvalue weighted by atomic mass is 9.98. The number of carbonyl (C=O) groups is 1. The molecule has 25 heavy (non-hydrogen) atoms. The first-order valence-corrected chi connectivity index (χ1v) is 8.02. The highest BCUT2D eigenvalue weighted by atomic mass is 16.5. The van der Waals surface area contributed by atoms with Crippen molar-refractivity contribution in [1.82, 2.24) is 20.0 Å². The number of carbonyl (C=O) groups excluding carboxylic acids is 1. The number of nitrogens with zero attached hydrogens (tertiary/aromatic N) is 3. The number of likely N-dealkylation sites (tertiary alicyclic amines) is 1. The Morgan fingerprint density at radius 3 is 3.00 bits per heavy atom. The Bertz CT molecular complexity index is 1040. The summed E-state index contributed by atoms with van der Waals surface area (Å²) in [5, 5.41) is 4.96. The molecule has 7 nitrogen and oxygen atoms in total. The van der Waals surface area contributed by atoms with Crippen LogP contribution in [0.2, 0.25) is 0 Å². The summed E-state index contributed by atoms with van der Waals surface area (Å²) in [4.78, 5) is 21.9. The zero-order valence-electron chi connectivity index (χ0n) is 13.2. The summed E-state index contributed by atoms with van der Waals surface area (Å²) in [6.07, 6.45) is 3.43. The van der Waals surface area contributed by atoms with E-state index in [9.17, 15) is 4.79 Å². The van der Waals surface area contributed by atoms with Gasteiger partial charge in [0.25, 0.3) is 5.91 Å². The van der Waals surface area contributed by atoms with Crippen molar-refractivity contribution < 1.29 is 13.7 Å². The molecule has 0 bridgehead atoms. The minimum Gasteiger partial charge on any atom is -0.461 e. The van der Waals surface area contributed by atoms with Gasteiger partial charge in [0.1, 0.15) is 0 Å². The maximum absolute atomic E-state index is 12.6. The predicted molar refractivity (Wildman–Crippen MR) is 88.9 cm³/mol. The van der Waals surface area contributed by atoms with E-state index in [1.54, 1.807) is 23.3 Å². The molecule has 0 saturated carbocycles. The maximum Gasteiger partial charge on any atom is 0.253 e. The molecule has 0 spiro atoms. The first-order valence-electron chi connectivity index (χ1n) is 8.02. The number of H-pyrrole nitrogens is 1. The number of hydrogen-bond acceptors (Lipinski definition) is 5. The Labute approximate surface area is 142 Å². The van der Waals surface area contributed by atoms with Crippen LogP contribution in [-0.4, -0.2) is 39.0 Å². The summed E-state index contributed by atoms with van der Waals surface area (Å²) < 4.78 is 10.6. The number of fused-ring (bicyclic) bond motifs is 1. The lowest BCUT2D eigenvalue weighted by Gasteiger charge is -2.37. The molecular formula is C18H14N4O3. The van der Waals surface area contributed by atoms with Crippen molar-refractivity contribution in [3.05, 3.63) is 60.3 Å². The van der Waals surface area contributed by atoms with Crippen LogP contribution < -0.4 is 0 Å². The summed E-state index contributed by atoms with van der Waals surface area (Å²) in [7, 11) is 0. The van der Waals surface area contributed by atoms with Crippen LogP contribution in [0.4, 0.5) is 0 Å². The van der Waals surface area contributed by atoms with Gasteiger partial charge in [-0.05, 0) is 36.4 Å². The average Bonchev–Trinajstić information content (AvgIpc) is 3.33. The summed E-state index contributed by atoms with van der Waals surface area (Å²) in [5.74, 6) is 1.63. The van der Waals surface area contributed by atoms with E-state index >= 15 is 0 Å². The normalized spacial score (nSPS) is 14.8. The Hall–Kier alpha value is -3.35. The fourth-order valence-corrected chi connectivity index (χ4v) is 3.08. The second-order valence-electron chi connectivity index (χ2n) is 6.12. The fourth-order valence-electron chi connectivity index (χ4n) is 3.08. The van der Waals surface area contributed by atoms with Crippen LogP contribution in [0.1, 0.15) is 22.2 Å². The first-order chi connectivity index (χ1) is 12.3. The van der Waals surface area contributed by atoms with Gasteiger partial charge in [0.05, 0.1) is 12.2 Å². The van der Waals surface area contributed by atoms with Gasteiger partial charge < -0.3 is 18.8 Å². The molecule has 5 rings (SSSR count). The molecule has 7 heteroatoms. The molecule has 0 atom stereocenters. The highest BCUT2D eigenvalue weighted by Gasteiger charge is 2.36. The Kier molecular flexibility index (Phi) is 3.00. The lowest BCUT2D eigenvalue weighted by molar-refractivity contribution is 0.0569. The van der Waals surface area contributed by atoms with Gasteiger partial charge in [0, 0.05) is 35.8 Å². The van der Waals surface area contributed by atoms with Crippen molar-refractivity contribution >= 4 is 16.8 Å². The molecule has 4 aromatic rings. The zero-order chi connectivity index (χ0) is 16.8. The number of furan rings is 1. The molecule has 0 aliphatic carbocycles. The van der Waals surface area contributed by atoms with Gasteiger partial charge in [-0.25, -0.2) is 0 Å². The fraction of sp³-hybridized carbons (Fsp3) is 0.167. The molecule has 1 saturated heterocycles. The highest BCUT2D eigenvalue weighted by molar-refractivity contribution is 5.98. The van der Waals surface area contributed by atoms with Crippen molar-refractivity contribution in [2.75, 3.05) is 13.1 Å². The van der Waals surface area contributed by atoms with Crippen LogP contribution in [0.5, 0.6) is 0 Å². The lowest BCUT2D eigenvalue weighted by Crippen LogP contribution is -2.48. The summed E-state index contributed by atoms with van der Waals surface area (Å²) in [6.45, 7) is 1.15. The van der Waals surface area contributed by atoms with Gasteiger partial charge in [-0.3, -0.25) is 4.79 Å². The number of nitrogens with one attached hydrogen (secondary N) is 1. The monoisotopic (exact) mass is 334 g/mol. The third-order valence-corrected chi connectivity index (χ3v) is 4.50. The van der Waals surface area contributed by atoms with Crippen LogP contribution >= 0.6 is 0 Å². The number of benzene rings is 1. The molecule has 0 radical (unpaired) electrons. The molecule has 4 heterocycles. The van der Waals surface area contributed by atoms with Crippen molar-refractivity contribution in [1.29, 1.82) is 0 Å². The molecule has 1 aliphatic heterocycles. The Balaban J connectivity index is 1.29. The first kappa shape index (κ1) is 14.0. The van der Waals surface area contributed by atoms with Gasteiger partial charge in [-0.1, -0.05) is 5.16 Å². The molecule has 124 valence electrons. The minimum absolute atomic E-state index is 0.0186. The number of aromatic amines is 1. The van der Waals surface area contributed by atoms with Crippen molar-refractivity contribution in [2.45, 2.75) is 5.92 Å². The smallest absolute Gasteiger partial charge is 0.253 e. The number of aromatic nitrogens is 3. The van der Waals surface area contributed by atoms with E-state index in [2.05, 4.69) is 15.1 Å². The second-order valence-corrected chi connectivity index (χ2v) is 6.12. The third-order valence-electron chi connectivity index (χ3n) is 4.50. The summed E-state index contributed by atoms with van der Waals surface area (Å²) in [5.41, 5.74) is 1.71. The van der Waals surface area contributed by atoms with Crippen molar-refractivity contribution in [3.63, 3.8) is 0 Å². The SMILES string of the molecule is O=C(c1ccc2[nH]ccc2c1)N1CC(c2nc(-c3ccco3)no2)C1. The van der Waals surface area contributed by atoms with Crippen LogP contribution in [0.25, 0.3) is 22.5 Å². The van der Waals surface area contributed by atoms with E-state index in [0.29, 0.717) is 36.1 Å². The standard InChI is InChI=1S/C18H14N4O3/c23-18(12-3-4-14-11(8-12)5-6-19-14)22-9-13(10-22)17-20-16(21-25-17)15-2-1-7-24-15/h1-8,13,19H,9-10H2. The average molecular weight is 334 g/mol. The van der Waals surface area contributed by atoms with Gasteiger partial charge in [0.15, 0.2) is 5.76 Å². The second kappa shape index (κ2) is 5.34. The molecule has 1 N–H and O–H groups in total. The number of amides is 1. The highest BCUT2D eigenvalue weighted by Crippen LogP contribution is 2.29. The Morgan fingerprint density at radius 2 is 2.16 bits per heavy atom. The van der Waals surface area contributed by atoms with Crippen molar-refractivity contribution in [2.24, 2.45) is 0 Å². The van der Waals surface area contributed by atoms with Gasteiger partial charge in [-0.2, -0.15) is 4.98 Å². The van der Waals surface area contributed by atoms with E-state index in [4.69, 9.17) is 8.94 Å². The molecular weight excluding hydrogens is 320 g/mol. The molecule has 0 unspecified atom stereocenters. The molecule has 1 fully saturated rings. The summed E-state index contributed by atoms with van der Waals surface area (Å²) in [6, 6.07) is 11.2. The van der Waals surface area contributed by atoms with Crippen LogP contribution in [0, 0.1) is 0 Å². The van der Waals surface area contributed by atoms with Crippen molar-refractivity contribution in [3.8, 4) is 11.6 Å². The van der Waals surface area contributed by atoms with Gasteiger partial charge >= 0.3 is 0 Å². The number of rotatable bonds is 3. The number of hydrogen-bond donors (Lipinski definition) is 1.